The molecule has 0 aromatic heterocycles. The van der Waals surface area contributed by atoms with Crippen LogP contribution in [-0.4, -0.2) is 34.9 Å². The average molecular weight is 203 g/mol. The van der Waals surface area contributed by atoms with Gasteiger partial charge in [0.05, 0.1) is 18.4 Å². The number of carboxylic acid groups (broad SMARTS) is 2. The van der Waals surface area contributed by atoms with Crippen LogP contribution >= 0.6 is 0 Å². The normalized spacial score (nSPS) is 11.3. The summed E-state index contributed by atoms with van der Waals surface area (Å²) in [4.78, 5) is 21.1. The first-order chi connectivity index (χ1) is 6.45. The molecule has 5 heteroatoms. The second-order valence-corrected chi connectivity index (χ2v) is 3.13. The van der Waals surface area contributed by atoms with Gasteiger partial charge in [0.2, 0.25) is 0 Å². The van der Waals surface area contributed by atoms with Crippen LogP contribution in [0.5, 0.6) is 0 Å². The van der Waals surface area contributed by atoms with Crippen LogP contribution in [0.1, 0.15) is 25.7 Å². The van der Waals surface area contributed by atoms with Gasteiger partial charge in [-0.15, -0.1) is 0 Å². The van der Waals surface area contributed by atoms with Crippen molar-refractivity contribution in [1.29, 1.82) is 0 Å². The number of methoxy groups -OCH3 is 1. The van der Waals surface area contributed by atoms with E-state index in [4.69, 9.17) is 14.9 Å². The second-order valence-electron chi connectivity index (χ2n) is 3.13. The van der Waals surface area contributed by atoms with Gasteiger partial charge in [0.15, 0.2) is 0 Å². The summed E-state index contributed by atoms with van der Waals surface area (Å²) in [7, 11) is 1.32. The molecule has 0 atom stereocenters. The zero-order valence-corrected chi connectivity index (χ0v) is 8.15. The highest BCUT2D eigenvalue weighted by Gasteiger charge is 2.34. The molecule has 0 saturated heterocycles. The van der Waals surface area contributed by atoms with E-state index in [0.717, 1.165) is 0 Å². The quantitative estimate of drug-likeness (QED) is 0.643. The molecule has 0 unspecified atom stereocenters. The lowest BCUT2D eigenvalue weighted by molar-refractivity contribution is -0.151. The molecule has 0 amide bonds. The Morgan fingerprint density at radius 2 is 1.71 bits per heavy atom. The van der Waals surface area contributed by atoms with Crippen LogP contribution in [-0.2, 0) is 14.3 Å². The molecule has 1 radical (unpaired) electrons. The lowest BCUT2D eigenvalue weighted by Crippen LogP contribution is -2.36. The fourth-order valence-corrected chi connectivity index (χ4v) is 1.36. The summed E-state index contributed by atoms with van der Waals surface area (Å²) in [5, 5.41) is 17.3. The fraction of sp³-hybridized carbons (Fsp3) is 0.667. The molecule has 0 bridgehead atoms. The van der Waals surface area contributed by atoms with Crippen molar-refractivity contribution < 1.29 is 24.5 Å². The monoisotopic (exact) mass is 203 g/mol. The predicted octanol–water partition coefficient (Wildman–Crippen LogP) is 0.935. The van der Waals surface area contributed by atoms with E-state index in [2.05, 4.69) is 6.92 Å². The molecule has 0 aliphatic heterocycles. The minimum absolute atomic E-state index is 0.314. The van der Waals surface area contributed by atoms with Gasteiger partial charge in [-0.1, -0.05) is 13.3 Å². The number of ether oxygens (including phenoxy) is 1. The molecule has 0 aliphatic rings. The maximum atomic E-state index is 10.5. The van der Waals surface area contributed by atoms with Crippen molar-refractivity contribution in [3.05, 3.63) is 6.92 Å². The molecule has 0 heterocycles. The van der Waals surface area contributed by atoms with Gasteiger partial charge in [0.25, 0.3) is 0 Å². The van der Waals surface area contributed by atoms with Crippen molar-refractivity contribution in [1.82, 2.24) is 0 Å². The highest BCUT2D eigenvalue weighted by Crippen LogP contribution is 2.25. The minimum Gasteiger partial charge on any atom is -0.481 e. The topological polar surface area (TPSA) is 83.8 Å². The Morgan fingerprint density at radius 1 is 1.29 bits per heavy atom. The van der Waals surface area contributed by atoms with Crippen LogP contribution in [0.25, 0.3) is 0 Å². The van der Waals surface area contributed by atoms with Gasteiger partial charge in [0, 0.05) is 7.11 Å². The molecule has 2 N–H and O–H groups in total. The molecule has 0 aromatic rings. The Labute approximate surface area is 82.7 Å². The van der Waals surface area contributed by atoms with Gasteiger partial charge in [0.1, 0.15) is 0 Å². The molecule has 5 nitrogen and oxygen atoms in total. The van der Waals surface area contributed by atoms with Crippen molar-refractivity contribution in [2.75, 3.05) is 7.11 Å². The molecular formula is C9H15O5. The lowest BCUT2D eigenvalue weighted by Gasteiger charge is -2.28. The van der Waals surface area contributed by atoms with Crippen LogP contribution in [0, 0.1) is 6.92 Å². The van der Waals surface area contributed by atoms with E-state index in [1.807, 2.05) is 0 Å². The lowest BCUT2D eigenvalue weighted by atomic mass is 9.90. The maximum Gasteiger partial charge on any atom is 0.306 e. The molecule has 0 rings (SSSR count). The summed E-state index contributed by atoms with van der Waals surface area (Å²) in [6, 6.07) is 0. The van der Waals surface area contributed by atoms with Gasteiger partial charge in [-0.25, -0.2) is 0 Å². The first kappa shape index (κ1) is 12.9. The molecule has 0 aliphatic carbocycles. The third kappa shape index (κ3) is 4.23. The highest BCUT2D eigenvalue weighted by atomic mass is 16.5. The standard InChI is InChI=1S/C9H15O5/c1-3-4-9(14-2,5-7(10)11)6-8(12)13/h1,3-6H2,2H3,(H,10,11)(H,12,13). The minimum atomic E-state index is -1.13. The van der Waals surface area contributed by atoms with Gasteiger partial charge in [-0.3, -0.25) is 9.59 Å². The third-order valence-corrected chi connectivity index (χ3v) is 2.01. The van der Waals surface area contributed by atoms with Crippen LogP contribution < -0.4 is 0 Å². The number of hydrogen-bond donors (Lipinski definition) is 2. The molecule has 81 valence electrons. The fourth-order valence-electron chi connectivity index (χ4n) is 1.36. The van der Waals surface area contributed by atoms with Crippen LogP contribution in [0.3, 0.4) is 0 Å². The zero-order chi connectivity index (χ0) is 11.2. The van der Waals surface area contributed by atoms with E-state index in [-0.39, 0.29) is 12.8 Å². The number of aliphatic carboxylic acids is 2. The van der Waals surface area contributed by atoms with Crippen molar-refractivity contribution in [2.24, 2.45) is 0 Å². The largest absolute Gasteiger partial charge is 0.481 e. The van der Waals surface area contributed by atoms with Crippen molar-refractivity contribution in [3.8, 4) is 0 Å². The molecule has 0 spiro atoms. The summed E-state index contributed by atoms with van der Waals surface area (Å²) in [6.07, 6.45) is 0.132. The van der Waals surface area contributed by atoms with E-state index in [0.29, 0.717) is 12.8 Å². The van der Waals surface area contributed by atoms with Crippen molar-refractivity contribution in [2.45, 2.75) is 31.3 Å². The van der Waals surface area contributed by atoms with Gasteiger partial charge in [-0.05, 0) is 6.42 Å². The number of hydrogen-bond acceptors (Lipinski definition) is 3. The molecule has 0 fully saturated rings. The van der Waals surface area contributed by atoms with Crippen LogP contribution in [0.2, 0.25) is 0 Å². The Kier molecular flexibility index (Phi) is 5.15. The Morgan fingerprint density at radius 3 is 1.93 bits per heavy atom. The van der Waals surface area contributed by atoms with E-state index in [1.54, 1.807) is 0 Å². The van der Waals surface area contributed by atoms with Gasteiger partial charge >= 0.3 is 11.9 Å². The summed E-state index contributed by atoms with van der Waals surface area (Å²) in [5.41, 5.74) is -1.13. The van der Waals surface area contributed by atoms with Gasteiger partial charge < -0.3 is 14.9 Å². The maximum absolute atomic E-state index is 10.5. The smallest absolute Gasteiger partial charge is 0.306 e. The van der Waals surface area contributed by atoms with Crippen molar-refractivity contribution in [3.63, 3.8) is 0 Å². The van der Waals surface area contributed by atoms with Gasteiger partial charge in [-0.2, -0.15) is 0 Å². The van der Waals surface area contributed by atoms with Crippen LogP contribution in [0.15, 0.2) is 0 Å². The summed E-state index contributed by atoms with van der Waals surface area (Å²) >= 11 is 0. The first-order valence-corrected chi connectivity index (χ1v) is 4.24. The van der Waals surface area contributed by atoms with Crippen molar-refractivity contribution >= 4 is 11.9 Å². The molecule has 0 saturated carbocycles. The Bertz CT molecular complexity index is 195. The Balaban J connectivity index is 4.58. The molecular weight excluding hydrogens is 188 g/mol. The van der Waals surface area contributed by atoms with E-state index in [9.17, 15) is 9.59 Å². The third-order valence-electron chi connectivity index (χ3n) is 2.01. The molecule has 0 aromatic carbocycles. The highest BCUT2D eigenvalue weighted by molar-refractivity contribution is 5.72. The summed E-state index contributed by atoms with van der Waals surface area (Å²) in [6.45, 7) is 3.57. The first-order valence-electron chi connectivity index (χ1n) is 4.24. The number of rotatable bonds is 7. The zero-order valence-electron chi connectivity index (χ0n) is 8.15. The average Bonchev–Trinajstić information content (AvgIpc) is 2.02. The predicted molar refractivity (Wildman–Crippen MR) is 48.8 cm³/mol. The Hall–Kier alpha value is -1.10. The number of carboxylic acids is 2. The summed E-state index contributed by atoms with van der Waals surface area (Å²) < 4.78 is 5.00. The molecule has 14 heavy (non-hydrogen) atoms. The van der Waals surface area contributed by atoms with E-state index < -0.39 is 17.5 Å². The summed E-state index contributed by atoms with van der Waals surface area (Å²) in [5.74, 6) is -2.14. The van der Waals surface area contributed by atoms with E-state index in [1.165, 1.54) is 7.11 Å². The SMILES string of the molecule is [CH2]CCC(CC(=O)O)(CC(=O)O)OC. The second kappa shape index (κ2) is 5.59. The number of carbonyl (C=O) groups is 2. The van der Waals surface area contributed by atoms with E-state index >= 15 is 0 Å². The van der Waals surface area contributed by atoms with Crippen LogP contribution in [0.4, 0.5) is 0 Å².